The molecule has 0 aliphatic heterocycles. The number of ether oxygens (including phenoxy) is 1. The predicted molar refractivity (Wildman–Crippen MR) is 92.6 cm³/mol. The summed E-state index contributed by atoms with van der Waals surface area (Å²) in [5, 5.41) is 0. The Morgan fingerprint density at radius 3 is 2.52 bits per heavy atom. The van der Waals surface area contributed by atoms with Crippen molar-refractivity contribution in [3.63, 3.8) is 0 Å². The molecule has 0 fully saturated rings. The van der Waals surface area contributed by atoms with Crippen LogP contribution >= 0.6 is 0 Å². The van der Waals surface area contributed by atoms with E-state index in [0.717, 1.165) is 16.7 Å². The predicted octanol–water partition coefficient (Wildman–Crippen LogP) is 4.15. The lowest BCUT2D eigenvalue weighted by molar-refractivity contribution is -0.135. The minimum atomic E-state index is -0.541. The summed E-state index contributed by atoms with van der Waals surface area (Å²) < 4.78 is 5.04. The molecule has 0 bridgehead atoms. The van der Waals surface area contributed by atoms with Crippen molar-refractivity contribution in [1.82, 2.24) is 0 Å². The highest BCUT2D eigenvalue weighted by Gasteiger charge is 1.97. The number of aryl methyl sites for hydroxylation is 1. The molecule has 0 saturated carbocycles. The zero-order valence-electron chi connectivity index (χ0n) is 13.3. The molecule has 2 rings (SSSR count). The van der Waals surface area contributed by atoms with E-state index in [1.54, 1.807) is 6.08 Å². The van der Waals surface area contributed by atoms with Crippen LogP contribution in [-0.2, 0) is 9.53 Å². The minimum absolute atomic E-state index is 0.158. The third kappa shape index (κ3) is 5.36. The first kappa shape index (κ1) is 16.4. The van der Waals surface area contributed by atoms with E-state index in [1.807, 2.05) is 55.5 Å². The molecule has 0 heterocycles. The third-order valence-electron chi connectivity index (χ3n) is 3.25. The molecule has 2 heteroatoms. The van der Waals surface area contributed by atoms with Gasteiger partial charge in [0, 0.05) is 11.5 Å². The number of rotatable bonds is 3. The number of benzene rings is 2. The molecule has 0 unspecified atom stereocenters. The van der Waals surface area contributed by atoms with Gasteiger partial charge in [-0.2, -0.15) is 0 Å². The molecule has 2 aromatic carbocycles. The van der Waals surface area contributed by atoms with Crippen LogP contribution in [0, 0.1) is 18.8 Å². The monoisotopic (exact) mass is 302 g/mol. The first-order chi connectivity index (χ1) is 11.2. The van der Waals surface area contributed by atoms with Crippen molar-refractivity contribution < 1.29 is 9.53 Å². The summed E-state index contributed by atoms with van der Waals surface area (Å²) in [6.07, 6.45) is 1.70. The second-order valence-electron chi connectivity index (χ2n) is 5.00. The van der Waals surface area contributed by atoms with Crippen LogP contribution in [0.4, 0.5) is 0 Å². The molecule has 114 valence electrons. The molecule has 2 aromatic rings. The Bertz CT molecular complexity index is 798. The first-order valence-electron chi connectivity index (χ1n) is 7.38. The van der Waals surface area contributed by atoms with Gasteiger partial charge in [0.15, 0.2) is 0 Å². The van der Waals surface area contributed by atoms with Gasteiger partial charge in [0.25, 0.3) is 0 Å². The second-order valence-corrected chi connectivity index (χ2v) is 5.00. The van der Waals surface area contributed by atoms with E-state index in [0.29, 0.717) is 0 Å². The number of esters is 1. The third-order valence-corrected chi connectivity index (χ3v) is 3.25. The molecular weight excluding hydrogens is 284 g/mol. The average molecular weight is 302 g/mol. The summed E-state index contributed by atoms with van der Waals surface area (Å²) in [6, 6.07) is 17.4. The quantitative estimate of drug-likeness (QED) is 0.484. The fourth-order valence-corrected chi connectivity index (χ4v) is 2.06. The van der Waals surface area contributed by atoms with Gasteiger partial charge in [-0.05, 0) is 48.8 Å². The maximum Gasteiger partial charge on any atom is 0.385 e. The summed E-state index contributed by atoms with van der Waals surface area (Å²) in [7, 11) is 0. The van der Waals surface area contributed by atoms with Gasteiger partial charge in [-0.3, -0.25) is 0 Å². The molecule has 0 saturated heterocycles. The Morgan fingerprint density at radius 2 is 1.78 bits per heavy atom. The Hall–Kier alpha value is -3.01. The van der Waals surface area contributed by atoms with Gasteiger partial charge >= 0.3 is 5.97 Å². The average Bonchev–Trinajstić information content (AvgIpc) is 2.58. The lowest BCUT2D eigenvalue weighted by Crippen LogP contribution is -2.00. The lowest BCUT2D eigenvalue weighted by Gasteiger charge is -2.02. The number of hydrogen-bond acceptors (Lipinski definition) is 2. The van der Waals surface area contributed by atoms with Crippen LogP contribution in [0.25, 0.3) is 5.57 Å². The Morgan fingerprint density at radius 1 is 1.09 bits per heavy atom. The molecule has 23 heavy (non-hydrogen) atoms. The highest BCUT2D eigenvalue weighted by Crippen LogP contribution is 2.16. The zero-order valence-corrected chi connectivity index (χ0v) is 13.3. The van der Waals surface area contributed by atoms with Crippen LogP contribution in [0.2, 0.25) is 0 Å². The van der Waals surface area contributed by atoms with Crippen LogP contribution in [-0.4, -0.2) is 12.6 Å². The Kier molecular flexibility index (Phi) is 6.00. The van der Waals surface area contributed by atoms with Crippen molar-refractivity contribution in [3.05, 3.63) is 83.1 Å². The van der Waals surface area contributed by atoms with Crippen LogP contribution in [0.3, 0.4) is 0 Å². The van der Waals surface area contributed by atoms with Gasteiger partial charge in [0.2, 0.25) is 0 Å². The summed E-state index contributed by atoms with van der Waals surface area (Å²) in [5.41, 5.74) is 7.26. The SMILES string of the molecule is CC(=C=CCOC(=O)C#Cc1ccccc1)c1ccccc1C. The highest BCUT2D eigenvalue weighted by atomic mass is 16.5. The van der Waals surface area contributed by atoms with Crippen LogP contribution in [0.15, 0.2) is 66.4 Å². The molecule has 0 amide bonds. The highest BCUT2D eigenvalue weighted by molar-refractivity contribution is 5.89. The molecule has 0 N–H and O–H groups in total. The molecule has 2 nitrogen and oxygen atoms in total. The normalized spacial score (nSPS) is 9.13. The van der Waals surface area contributed by atoms with Crippen molar-refractivity contribution in [1.29, 1.82) is 0 Å². The van der Waals surface area contributed by atoms with Gasteiger partial charge in [-0.15, -0.1) is 5.73 Å². The minimum Gasteiger partial charge on any atom is -0.451 e. The maximum absolute atomic E-state index is 11.5. The zero-order chi connectivity index (χ0) is 16.5. The van der Waals surface area contributed by atoms with E-state index in [4.69, 9.17) is 4.74 Å². The maximum atomic E-state index is 11.5. The molecule has 0 aromatic heterocycles. The Labute approximate surface area is 137 Å². The van der Waals surface area contributed by atoms with Crippen molar-refractivity contribution >= 4 is 11.5 Å². The lowest BCUT2D eigenvalue weighted by atomic mass is 10.0. The first-order valence-corrected chi connectivity index (χ1v) is 7.38. The molecule has 0 aliphatic rings. The summed E-state index contributed by atoms with van der Waals surface area (Å²) >= 11 is 0. The fraction of sp³-hybridized carbons (Fsp3) is 0.143. The van der Waals surface area contributed by atoms with Gasteiger partial charge in [0.1, 0.15) is 6.61 Å². The molecule has 0 aliphatic carbocycles. The van der Waals surface area contributed by atoms with Crippen LogP contribution in [0.5, 0.6) is 0 Å². The van der Waals surface area contributed by atoms with Gasteiger partial charge in [0.05, 0.1) is 0 Å². The van der Waals surface area contributed by atoms with Gasteiger partial charge < -0.3 is 4.74 Å². The van der Waals surface area contributed by atoms with Crippen molar-refractivity contribution in [3.8, 4) is 11.8 Å². The Balaban J connectivity index is 1.92. The van der Waals surface area contributed by atoms with Crippen molar-refractivity contribution in [2.45, 2.75) is 13.8 Å². The molecule has 0 spiro atoms. The van der Waals surface area contributed by atoms with Gasteiger partial charge in [-0.25, -0.2) is 4.79 Å². The topological polar surface area (TPSA) is 26.3 Å². The summed E-state index contributed by atoms with van der Waals surface area (Å²) in [4.78, 5) is 11.5. The smallest absolute Gasteiger partial charge is 0.385 e. The van der Waals surface area contributed by atoms with E-state index < -0.39 is 5.97 Å². The molecular formula is C21H18O2. The van der Waals surface area contributed by atoms with E-state index in [1.165, 1.54) is 5.56 Å². The van der Waals surface area contributed by atoms with Crippen LogP contribution < -0.4 is 0 Å². The van der Waals surface area contributed by atoms with Crippen molar-refractivity contribution in [2.75, 3.05) is 6.61 Å². The standard InChI is InChI=1S/C21H18O2/c1-17-9-6-7-13-20(17)18(2)10-8-16-23-21(22)15-14-19-11-4-3-5-12-19/h3-9,11-13H,16H2,1-2H3. The second kappa shape index (κ2) is 8.44. The summed E-state index contributed by atoms with van der Waals surface area (Å²) in [5.74, 6) is 4.68. The summed E-state index contributed by atoms with van der Waals surface area (Å²) in [6.45, 7) is 4.20. The van der Waals surface area contributed by atoms with E-state index in [-0.39, 0.29) is 6.61 Å². The largest absolute Gasteiger partial charge is 0.451 e. The van der Waals surface area contributed by atoms with E-state index in [2.05, 4.69) is 30.6 Å². The van der Waals surface area contributed by atoms with E-state index in [9.17, 15) is 4.79 Å². The number of carbonyl (C=O) groups is 1. The van der Waals surface area contributed by atoms with Crippen LogP contribution in [0.1, 0.15) is 23.6 Å². The fourth-order valence-electron chi connectivity index (χ4n) is 2.06. The van der Waals surface area contributed by atoms with E-state index >= 15 is 0 Å². The van der Waals surface area contributed by atoms with Gasteiger partial charge in [-0.1, -0.05) is 48.4 Å². The number of hydrogen-bond donors (Lipinski definition) is 0. The number of carbonyl (C=O) groups excluding carboxylic acids is 1. The molecule has 0 radical (unpaired) electrons. The molecule has 0 atom stereocenters. The van der Waals surface area contributed by atoms with Crippen molar-refractivity contribution in [2.24, 2.45) is 0 Å².